The largest absolute Gasteiger partial charge is 0.447 e. The molecule has 2 aromatic heterocycles. The Morgan fingerprint density at radius 3 is 2.45 bits per heavy atom. The van der Waals surface area contributed by atoms with E-state index in [2.05, 4.69) is 40.7 Å². The minimum atomic E-state index is -3.77. The minimum Gasteiger partial charge on any atom is -0.447 e. The summed E-state index contributed by atoms with van der Waals surface area (Å²) in [6.07, 6.45) is 8.45. The molecule has 1 aliphatic rings. The van der Waals surface area contributed by atoms with Crippen LogP contribution >= 0.6 is 11.3 Å². The lowest BCUT2D eigenvalue weighted by molar-refractivity contribution is 0.125. The van der Waals surface area contributed by atoms with E-state index in [0.29, 0.717) is 23.1 Å². The van der Waals surface area contributed by atoms with Gasteiger partial charge in [-0.3, -0.25) is 0 Å². The number of rotatable bonds is 7. The third-order valence-corrected chi connectivity index (χ3v) is 8.48. The molecule has 13 heteroatoms. The zero-order valence-corrected chi connectivity index (χ0v) is 24.1. The first-order valence-corrected chi connectivity index (χ1v) is 14.9. The van der Waals surface area contributed by atoms with E-state index in [1.807, 2.05) is 39.1 Å². The van der Waals surface area contributed by atoms with E-state index in [1.165, 1.54) is 25.6 Å². The van der Waals surface area contributed by atoms with Crippen LogP contribution in [0, 0.1) is 0 Å². The van der Waals surface area contributed by atoms with Crippen molar-refractivity contribution in [3.8, 4) is 10.4 Å². The van der Waals surface area contributed by atoms with Gasteiger partial charge in [-0.25, -0.2) is 28.0 Å². The fraction of sp³-hybridized carbons (Fsp3) is 0.520. The van der Waals surface area contributed by atoms with Gasteiger partial charge in [0, 0.05) is 28.9 Å². The summed E-state index contributed by atoms with van der Waals surface area (Å²) >= 11 is 1.60. The minimum absolute atomic E-state index is 0.0995. The molecule has 1 amide bonds. The van der Waals surface area contributed by atoms with Crippen LogP contribution in [0.4, 0.5) is 16.4 Å². The molecule has 5 N–H and O–H groups in total. The number of H-pyrrole nitrogens is 1. The van der Waals surface area contributed by atoms with Gasteiger partial charge in [-0.1, -0.05) is 25.3 Å². The van der Waals surface area contributed by atoms with E-state index in [-0.39, 0.29) is 11.0 Å². The van der Waals surface area contributed by atoms with Gasteiger partial charge in [-0.15, -0.1) is 11.3 Å². The summed E-state index contributed by atoms with van der Waals surface area (Å²) in [5.74, 6) is 0.921. The number of ether oxygens (including phenoxy) is 1. The number of sulfonamides is 1. The number of nitrogens with zero attached hydrogens (tertiary/aromatic N) is 3. The Balaban J connectivity index is 0.000000505. The van der Waals surface area contributed by atoms with Crippen LogP contribution in [0.1, 0.15) is 77.6 Å². The lowest BCUT2D eigenvalue weighted by atomic mass is 9.90. The molecule has 0 bridgehead atoms. The molecule has 0 aliphatic heterocycles. The van der Waals surface area contributed by atoms with E-state index in [0.717, 1.165) is 22.7 Å². The molecule has 208 valence electrons. The highest BCUT2D eigenvalue weighted by molar-refractivity contribution is 7.89. The number of amides is 1. The summed E-state index contributed by atoms with van der Waals surface area (Å²) in [4.78, 5) is 19.6. The van der Waals surface area contributed by atoms with Crippen LogP contribution in [-0.2, 0) is 14.8 Å². The predicted octanol–water partition coefficient (Wildman–Crippen LogP) is 5.29. The molecular formula is C25H37N7O4S2. The summed E-state index contributed by atoms with van der Waals surface area (Å²) < 4.78 is 33.8. The van der Waals surface area contributed by atoms with Crippen molar-refractivity contribution in [3.63, 3.8) is 0 Å². The van der Waals surface area contributed by atoms with Crippen molar-refractivity contribution in [3.05, 3.63) is 35.7 Å². The van der Waals surface area contributed by atoms with Gasteiger partial charge in [0.15, 0.2) is 0 Å². The maximum atomic E-state index is 13.3. The molecule has 1 saturated carbocycles. The number of aromatic nitrogens is 4. The third kappa shape index (κ3) is 8.77. The van der Waals surface area contributed by atoms with Crippen molar-refractivity contribution in [2.75, 3.05) is 5.32 Å². The fourth-order valence-corrected chi connectivity index (χ4v) is 6.93. The molecule has 0 unspecified atom stereocenters. The molecule has 1 fully saturated rings. The Morgan fingerprint density at radius 1 is 1.18 bits per heavy atom. The number of hydrogen-bond donors (Lipinski definition) is 4. The topological polar surface area (TPSA) is 165 Å². The number of aromatic amines is 1. The van der Waals surface area contributed by atoms with E-state index >= 15 is 0 Å². The molecule has 0 radical (unpaired) electrons. The van der Waals surface area contributed by atoms with Gasteiger partial charge in [0.25, 0.3) is 0 Å². The highest BCUT2D eigenvalue weighted by atomic mass is 32.2. The maximum Gasteiger partial charge on any atom is 0.404 e. The number of hydrogen-bond acceptors (Lipinski definition) is 9. The number of carbonyl (C=O) groups excluding carboxylic acids is 1. The van der Waals surface area contributed by atoms with Gasteiger partial charge in [0.2, 0.25) is 16.0 Å². The smallest absolute Gasteiger partial charge is 0.404 e. The highest BCUT2D eigenvalue weighted by Gasteiger charge is 2.27. The molecule has 0 saturated heterocycles. The predicted molar refractivity (Wildman–Crippen MR) is 149 cm³/mol. The monoisotopic (exact) mass is 563 g/mol. The third-order valence-electron chi connectivity index (χ3n) is 5.48. The van der Waals surface area contributed by atoms with Crippen LogP contribution in [0.5, 0.6) is 0 Å². The van der Waals surface area contributed by atoms with Crippen molar-refractivity contribution in [1.29, 1.82) is 0 Å². The Hall–Kier alpha value is -3.03. The molecule has 0 spiro atoms. The Labute approximate surface area is 228 Å². The molecule has 3 aromatic rings. The van der Waals surface area contributed by atoms with Crippen molar-refractivity contribution in [2.45, 2.75) is 89.2 Å². The lowest BCUT2D eigenvalue weighted by Gasteiger charge is -2.22. The summed E-state index contributed by atoms with van der Waals surface area (Å²) in [6.45, 7) is 8.97. The van der Waals surface area contributed by atoms with E-state index < -0.39 is 21.7 Å². The molecule has 1 aliphatic carbocycles. The summed E-state index contributed by atoms with van der Waals surface area (Å²) in [7, 11) is -3.77. The first-order chi connectivity index (χ1) is 17.8. The molecule has 4 rings (SSSR count). The van der Waals surface area contributed by atoms with E-state index in [1.54, 1.807) is 31.3 Å². The van der Waals surface area contributed by atoms with Crippen LogP contribution in [0.2, 0.25) is 0 Å². The van der Waals surface area contributed by atoms with Gasteiger partial charge in [0.05, 0.1) is 20.9 Å². The van der Waals surface area contributed by atoms with Gasteiger partial charge in [-0.2, -0.15) is 10.1 Å². The Morgan fingerprint density at radius 2 is 1.89 bits per heavy atom. The van der Waals surface area contributed by atoms with Crippen LogP contribution in [-0.4, -0.2) is 46.3 Å². The Kier molecular flexibility index (Phi) is 9.85. The number of thiazole rings is 1. The first-order valence-electron chi connectivity index (χ1n) is 12.6. The number of anilines is 2. The quantitative estimate of drug-likeness (QED) is 0.301. The summed E-state index contributed by atoms with van der Waals surface area (Å²) in [5, 5.41) is 10.7. The number of primary amides is 1. The van der Waals surface area contributed by atoms with Crippen LogP contribution in [0.25, 0.3) is 10.4 Å². The highest BCUT2D eigenvalue weighted by Crippen LogP contribution is 2.40. The molecule has 38 heavy (non-hydrogen) atoms. The molecule has 1 aromatic carbocycles. The van der Waals surface area contributed by atoms with Crippen LogP contribution in [0.3, 0.4) is 0 Å². The average molecular weight is 564 g/mol. The molecule has 2 heterocycles. The number of benzene rings is 1. The van der Waals surface area contributed by atoms with Crippen molar-refractivity contribution >= 4 is 39.1 Å². The maximum absolute atomic E-state index is 13.3. The van der Waals surface area contributed by atoms with Crippen molar-refractivity contribution < 1.29 is 17.9 Å². The SMILES string of the molecule is CC(C)(C)NS(=O)(=O)c1cc(Nc2ncn[nH]2)ccc1-c1cnc(C2CCCCC2)s1.CC(C)OC(N)=O. The Bertz CT molecular complexity index is 1290. The zero-order chi connectivity index (χ0) is 27.9. The molecule has 0 atom stereocenters. The van der Waals surface area contributed by atoms with Crippen molar-refractivity contribution in [1.82, 2.24) is 24.9 Å². The van der Waals surface area contributed by atoms with Crippen LogP contribution < -0.4 is 15.8 Å². The van der Waals surface area contributed by atoms with Crippen molar-refractivity contribution in [2.24, 2.45) is 5.73 Å². The zero-order valence-electron chi connectivity index (χ0n) is 22.4. The fourth-order valence-electron chi connectivity index (χ4n) is 4.07. The summed E-state index contributed by atoms with van der Waals surface area (Å²) in [6, 6.07) is 5.30. The van der Waals surface area contributed by atoms with Gasteiger partial charge in [-0.05, 0) is 59.6 Å². The van der Waals surface area contributed by atoms with E-state index in [4.69, 9.17) is 0 Å². The van der Waals surface area contributed by atoms with E-state index in [9.17, 15) is 13.2 Å². The first kappa shape index (κ1) is 29.5. The summed E-state index contributed by atoms with van der Waals surface area (Å²) in [5.41, 5.74) is 5.28. The number of nitrogens with two attached hydrogens (primary N) is 1. The van der Waals surface area contributed by atoms with Gasteiger partial charge >= 0.3 is 6.09 Å². The second kappa shape index (κ2) is 12.7. The second-order valence-electron chi connectivity index (χ2n) is 10.4. The van der Waals surface area contributed by atoms with Crippen LogP contribution in [0.15, 0.2) is 35.6 Å². The average Bonchev–Trinajstić information content (AvgIpc) is 3.50. The number of carbonyl (C=O) groups is 1. The second-order valence-corrected chi connectivity index (χ2v) is 13.1. The van der Waals surface area contributed by atoms with Gasteiger partial charge < -0.3 is 15.8 Å². The number of nitrogens with one attached hydrogen (secondary N) is 3. The standard InChI is InChI=1S/C21H28N6O2S2.C4H9NO2/c1-21(2,3)27-31(28,29)18-11-15(25-20-23-13-24-26-20)9-10-16(18)17-12-22-19(30-17)14-7-5-4-6-8-14;1-3(2)7-4(5)6/h9-14,27H,4-8H2,1-3H3,(H2,23,24,25,26);3H,1-2H3,(H2,5,6). The lowest BCUT2D eigenvalue weighted by Crippen LogP contribution is -2.40. The molecular weight excluding hydrogens is 526 g/mol. The molecule has 11 nitrogen and oxygen atoms in total. The normalized spacial score (nSPS) is 14.6. The van der Waals surface area contributed by atoms with Gasteiger partial charge in [0.1, 0.15) is 6.33 Å².